The molecule has 0 aliphatic rings. The molecule has 0 aliphatic carbocycles. The second-order valence-electron chi connectivity index (χ2n) is 3.89. The van der Waals surface area contributed by atoms with Gasteiger partial charge in [0, 0.05) is 13.7 Å². The summed E-state index contributed by atoms with van der Waals surface area (Å²) in [5.74, 6) is -0.329. The van der Waals surface area contributed by atoms with Gasteiger partial charge in [-0.15, -0.1) is 0 Å². The molecule has 0 bridgehead atoms. The predicted molar refractivity (Wildman–Crippen MR) is 71.9 cm³/mol. The highest BCUT2D eigenvalue weighted by Gasteiger charge is 2.13. The molecule has 0 heterocycles. The lowest BCUT2D eigenvalue weighted by Crippen LogP contribution is -2.12. The van der Waals surface area contributed by atoms with Crippen molar-refractivity contribution in [3.8, 4) is 0 Å². The Morgan fingerprint density at radius 3 is 2.78 bits per heavy atom. The zero-order valence-corrected chi connectivity index (χ0v) is 11.1. The minimum absolute atomic E-state index is 0.329. The van der Waals surface area contributed by atoms with Crippen molar-refractivity contribution >= 4 is 17.3 Å². The third-order valence-corrected chi connectivity index (χ3v) is 2.51. The first-order chi connectivity index (χ1) is 8.60. The van der Waals surface area contributed by atoms with E-state index in [-0.39, 0.29) is 5.97 Å². The average Bonchev–Trinajstić information content (AvgIpc) is 2.32. The largest absolute Gasteiger partial charge is 0.462 e. The number of nitrogens with two attached hydrogens (primary N) is 1. The van der Waals surface area contributed by atoms with Crippen LogP contribution in [0.2, 0.25) is 0 Å². The van der Waals surface area contributed by atoms with Gasteiger partial charge in [0.2, 0.25) is 0 Å². The standard InChI is InChI=1S/C13H20N2O3/c1-4-18-13(16)10-8-12(15-5-6-17-3)11(14)7-9(10)2/h7-8,15H,4-6,14H2,1-3H3. The van der Waals surface area contributed by atoms with Gasteiger partial charge in [0.1, 0.15) is 0 Å². The number of nitrogens with one attached hydrogen (secondary N) is 1. The van der Waals surface area contributed by atoms with Crippen LogP contribution < -0.4 is 11.1 Å². The molecule has 5 nitrogen and oxygen atoms in total. The summed E-state index contributed by atoms with van der Waals surface area (Å²) < 4.78 is 9.95. The molecule has 18 heavy (non-hydrogen) atoms. The smallest absolute Gasteiger partial charge is 0.338 e. The summed E-state index contributed by atoms with van der Waals surface area (Å²) in [6, 6.07) is 3.49. The molecular weight excluding hydrogens is 232 g/mol. The Balaban J connectivity index is 2.91. The molecule has 100 valence electrons. The van der Waals surface area contributed by atoms with E-state index in [9.17, 15) is 4.79 Å². The fraction of sp³-hybridized carbons (Fsp3) is 0.462. The average molecular weight is 252 g/mol. The Hall–Kier alpha value is -1.75. The maximum Gasteiger partial charge on any atom is 0.338 e. The Kier molecular flexibility index (Phi) is 5.45. The molecule has 1 rings (SSSR count). The van der Waals surface area contributed by atoms with Gasteiger partial charge in [-0.25, -0.2) is 4.79 Å². The number of carbonyl (C=O) groups excluding carboxylic acids is 1. The number of aryl methyl sites for hydroxylation is 1. The fourth-order valence-corrected chi connectivity index (χ4v) is 1.60. The van der Waals surface area contributed by atoms with E-state index in [0.29, 0.717) is 31.0 Å². The van der Waals surface area contributed by atoms with Crippen molar-refractivity contribution in [3.05, 3.63) is 23.3 Å². The first-order valence-electron chi connectivity index (χ1n) is 5.90. The molecular formula is C13H20N2O3. The van der Waals surface area contributed by atoms with E-state index in [0.717, 1.165) is 11.3 Å². The van der Waals surface area contributed by atoms with Crippen LogP contribution in [-0.4, -0.2) is 32.8 Å². The van der Waals surface area contributed by atoms with Gasteiger partial charge in [-0.1, -0.05) is 0 Å². The van der Waals surface area contributed by atoms with Crippen molar-refractivity contribution in [2.45, 2.75) is 13.8 Å². The number of rotatable bonds is 6. The van der Waals surface area contributed by atoms with Gasteiger partial charge in [-0.2, -0.15) is 0 Å². The Morgan fingerprint density at radius 2 is 2.17 bits per heavy atom. The maximum atomic E-state index is 11.7. The van der Waals surface area contributed by atoms with Gasteiger partial charge in [0.15, 0.2) is 0 Å². The van der Waals surface area contributed by atoms with Crippen LogP contribution in [-0.2, 0) is 9.47 Å². The molecule has 0 fully saturated rings. The van der Waals surface area contributed by atoms with E-state index < -0.39 is 0 Å². The molecule has 0 aliphatic heterocycles. The topological polar surface area (TPSA) is 73.6 Å². The quantitative estimate of drug-likeness (QED) is 0.459. The number of carbonyl (C=O) groups is 1. The number of hydrogen-bond acceptors (Lipinski definition) is 5. The summed E-state index contributed by atoms with van der Waals surface area (Å²) in [4.78, 5) is 11.7. The van der Waals surface area contributed by atoms with E-state index >= 15 is 0 Å². The Labute approximate surface area is 107 Å². The second kappa shape index (κ2) is 6.86. The van der Waals surface area contributed by atoms with Crippen molar-refractivity contribution in [3.63, 3.8) is 0 Å². The number of anilines is 2. The maximum absolute atomic E-state index is 11.7. The number of methoxy groups -OCH3 is 1. The second-order valence-corrected chi connectivity index (χ2v) is 3.89. The minimum Gasteiger partial charge on any atom is -0.462 e. The van der Waals surface area contributed by atoms with Crippen molar-refractivity contribution in [2.24, 2.45) is 0 Å². The Morgan fingerprint density at radius 1 is 1.44 bits per heavy atom. The first-order valence-corrected chi connectivity index (χ1v) is 5.90. The van der Waals surface area contributed by atoms with Crippen molar-refractivity contribution in [1.29, 1.82) is 0 Å². The zero-order valence-electron chi connectivity index (χ0n) is 11.1. The van der Waals surface area contributed by atoms with Crippen molar-refractivity contribution in [2.75, 3.05) is 37.9 Å². The first kappa shape index (κ1) is 14.3. The van der Waals surface area contributed by atoms with E-state index in [4.69, 9.17) is 15.2 Å². The molecule has 0 unspecified atom stereocenters. The summed E-state index contributed by atoms with van der Waals surface area (Å²) in [7, 11) is 1.63. The van der Waals surface area contributed by atoms with Crippen LogP contribution in [0, 0.1) is 6.92 Å². The summed E-state index contributed by atoms with van der Waals surface area (Å²) in [5.41, 5.74) is 8.56. The van der Waals surface area contributed by atoms with Crippen LogP contribution in [0.25, 0.3) is 0 Å². The molecule has 1 aromatic rings. The van der Waals surface area contributed by atoms with Crippen molar-refractivity contribution < 1.29 is 14.3 Å². The van der Waals surface area contributed by atoms with E-state index in [1.54, 1.807) is 26.2 Å². The lowest BCUT2D eigenvalue weighted by atomic mass is 10.1. The number of benzene rings is 1. The third kappa shape index (κ3) is 3.63. The van der Waals surface area contributed by atoms with Crippen LogP contribution >= 0.6 is 0 Å². The lowest BCUT2D eigenvalue weighted by molar-refractivity contribution is 0.0525. The molecule has 0 spiro atoms. The molecule has 3 N–H and O–H groups in total. The van der Waals surface area contributed by atoms with Gasteiger partial charge in [-0.05, 0) is 31.5 Å². The molecule has 0 saturated heterocycles. The van der Waals surface area contributed by atoms with E-state index in [1.165, 1.54) is 0 Å². The van der Waals surface area contributed by atoms with Gasteiger partial charge < -0.3 is 20.5 Å². The SMILES string of the molecule is CCOC(=O)c1cc(NCCOC)c(N)cc1C. The summed E-state index contributed by atoms with van der Waals surface area (Å²) >= 11 is 0. The van der Waals surface area contributed by atoms with Gasteiger partial charge in [-0.3, -0.25) is 0 Å². The monoisotopic (exact) mass is 252 g/mol. The number of nitrogen functional groups attached to an aromatic ring is 1. The third-order valence-electron chi connectivity index (χ3n) is 2.51. The summed E-state index contributed by atoms with van der Waals surface area (Å²) in [6.45, 7) is 5.17. The predicted octanol–water partition coefficient (Wildman–Crippen LogP) is 1.81. The van der Waals surface area contributed by atoms with E-state index in [2.05, 4.69) is 5.32 Å². The highest BCUT2D eigenvalue weighted by Crippen LogP contribution is 2.24. The molecule has 5 heteroatoms. The van der Waals surface area contributed by atoms with Gasteiger partial charge >= 0.3 is 5.97 Å². The summed E-state index contributed by atoms with van der Waals surface area (Å²) in [6.07, 6.45) is 0. The van der Waals surface area contributed by atoms with E-state index in [1.807, 2.05) is 6.92 Å². The number of hydrogen-bond donors (Lipinski definition) is 2. The highest BCUT2D eigenvalue weighted by atomic mass is 16.5. The van der Waals surface area contributed by atoms with Crippen LogP contribution in [0.5, 0.6) is 0 Å². The van der Waals surface area contributed by atoms with Crippen LogP contribution in [0.4, 0.5) is 11.4 Å². The van der Waals surface area contributed by atoms with Gasteiger partial charge in [0.25, 0.3) is 0 Å². The molecule has 0 amide bonds. The highest BCUT2D eigenvalue weighted by molar-refractivity contribution is 5.93. The van der Waals surface area contributed by atoms with Crippen LogP contribution in [0.15, 0.2) is 12.1 Å². The van der Waals surface area contributed by atoms with Crippen molar-refractivity contribution in [1.82, 2.24) is 0 Å². The van der Waals surface area contributed by atoms with Gasteiger partial charge in [0.05, 0.1) is 30.2 Å². The van der Waals surface area contributed by atoms with Crippen LogP contribution in [0.1, 0.15) is 22.8 Å². The molecule has 0 saturated carbocycles. The molecule has 0 radical (unpaired) electrons. The molecule has 1 aromatic carbocycles. The summed E-state index contributed by atoms with van der Waals surface area (Å²) in [5, 5.41) is 3.12. The fourth-order valence-electron chi connectivity index (χ4n) is 1.60. The number of esters is 1. The molecule has 0 aromatic heterocycles. The lowest BCUT2D eigenvalue weighted by Gasteiger charge is -2.13. The Bertz CT molecular complexity index is 419. The zero-order chi connectivity index (χ0) is 13.5. The normalized spacial score (nSPS) is 10.2. The molecule has 0 atom stereocenters. The van der Waals surface area contributed by atoms with Crippen LogP contribution in [0.3, 0.4) is 0 Å². The number of ether oxygens (including phenoxy) is 2. The minimum atomic E-state index is -0.329.